The summed E-state index contributed by atoms with van der Waals surface area (Å²) >= 11 is 0. The van der Waals surface area contributed by atoms with E-state index in [1.54, 1.807) is 50.3 Å². The molecule has 0 spiro atoms. The minimum absolute atomic E-state index is 0.748. The van der Waals surface area contributed by atoms with Gasteiger partial charge >= 0.3 is 0 Å². The van der Waals surface area contributed by atoms with Crippen molar-refractivity contribution in [2.24, 2.45) is 0 Å². The van der Waals surface area contributed by atoms with Gasteiger partial charge in [-0.2, -0.15) is 0 Å². The maximum absolute atomic E-state index is 2.38. The van der Waals surface area contributed by atoms with E-state index < -0.39 is 7.26 Å². The fraction of sp³-hybridized carbons (Fsp3) is 1.00. The molecule has 40 heavy (non-hydrogen) atoms. The second kappa shape index (κ2) is 33.9. The van der Waals surface area contributed by atoms with E-state index in [1.807, 2.05) is 0 Å². The fourth-order valence-electron chi connectivity index (χ4n) is 6.82. The average Bonchev–Trinajstić information content (AvgIpc) is 2.96. The van der Waals surface area contributed by atoms with E-state index in [1.165, 1.54) is 173 Å². The van der Waals surface area contributed by atoms with Gasteiger partial charge in [-0.15, -0.1) is 0 Å². The highest BCUT2D eigenvalue weighted by Gasteiger charge is 2.34. The minimum atomic E-state index is -0.748. The summed E-state index contributed by atoms with van der Waals surface area (Å²) in [6, 6.07) is 0. The summed E-state index contributed by atoms with van der Waals surface area (Å²) in [5, 5.41) is 0. The molecule has 0 nitrogen and oxygen atoms in total. The van der Waals surface area contributed by atoms with Crippen LogP contribution >= 0.6 is 7.26 Å². The molecule has 0 atom stereocenters. The molecule has 0 aromatic heterocycles. The van der Waals surface area contributed by atoms with Crippen molar-refractivity contribution >= 4 is 7.26 Å². The molecule has 0 N–H and O–H groups in total. The van der Waals surface area contributed by atoms with Gasteiger partial charge in [0.05, 0.1) is 24.6 Å². The fourth-order valence-corrected chi connectivity index (χ4v) is 11.7. The summed E-state index contributed by atoms with van der Waals surface area (Å²) in [5.74, 6) is 0. The minimum Gasteiger partial charge on any atom is -0.0654 e. The monoisotopic (exact) mass is 582 g/mol. The van der Waals surface area contributed by atoms with Crippen LogP contribution in [0.25, 0.3) is 0 Å². The van der Waals surface area contributed by atoms with Crippen LogP contribution in [0.4, 0.5) is 0 Å². The summed E-state index contributed by atoms with van der Waals surface area (Å²) in [5.41, 5.74) is 0. The molecule has 0 rings (SSSR count). The van der Waals surface area contributed by atoms with E-state index in [2.05, 4.69) is 27.7 Å². The van der Waals surface area contributed by atoms with Crippen molar-refractivity contribution < 1.29 is 0 Å². The van der Waals surface area contributed by atoms with Gasteiger partial charge < -0.3 is 0 Å². The van der Waals surface area contributed by atoms with E-state index in [9.17, 15) is 0 Å². The third kappa shape index (κ3) is 28.5. The largest absolute Gasteiger partial charge is 0.0654 e. The van der Waals surface area contributed by atoms with Gasteiger partial charge in [0, 0.05) is 7.26 Å². The van der Waals surface area contributed by atoms with Crippen molar-refractivity contribution in [2.45, 2.75) is 227 Å². The van der Waals surface area contributed by atoms with Crippen molar-refractivity contribution in [1.82, 2.24) is 0 Å². The first-order valence-electron chi connectivity index (χ1n) is 19.6. The van der Waals surface area contributed by atoms with Crippen LogP contribution in [0, 0.1) is 0 Å². The number of rotatable bonds is 35. The van der Waals surface area contributed by atoms with Crippen LogP contribution in [0.5, 0.6) is 0 Å². The quantitative estimate of drug-likeness (QED) is 0.0516. The van der Waals surface area contributed by atoms with Gasteiger partial charge in [-0.3, -0.25) is 0 Å². The highest BCUT2D eigenvalue weighted by molar-refractivity contribution is 7.75. The molecule has 0 bridgehead atoms. The van der Waals surface area contributed by atoms with Crippen LogP contribution in [0.3, 0.4) is 0 Å². The third-order valence-electron chi connectivity index (χ3n) is 9.69. The Morgan fingerprint density at radius 2 is 0.350 bits per heavy atom. The Morgan fingerprint density at radius 3 is 0.550 bits per heavy atom. The molecule has 0 aromatic rings. The highest BCUT2D eigenvalue weighted by Crippen LogP contribution is 2.61. The molecule has 0 aromatic carbocycles. The van der Waals surface area contributed by atoms with E-state index >= 15 is 0 Å². The standard InChI is InChI=1S/C39H82P/c1-5-9-13-17-20-23-26-29-33-37-40(36-32-16-12-8-4,38-34-30-27-24-21-18-14-10-6-2)39-35-31-28-25-22-19-15-11-7-3/h5-39H2,1-4H3/q+1. The molecule has 0 fully saturated rings. The normalized spacial score (nSPS) is 12.0. The smallest absolute Gasteiger partial charge is 0.0594 e. The predicted octanol–water partition coefficient (Wildman–Crippen LogP) is 15.2. The summed E-state index contributed by atoms with van der Waals surface area (Å²) < 4.78 is 0. The van der Waals surface area contributed by atoms with E-state index in [0.717, 1.165) is 0 Å². The van der Waals surface area contributed by atoms with E-state index in [4.69, 9.17) is 0 Å². The SMILES string of the molecule is CCCCCCCCCCC[P+](CCCCCC)(CCCCCCCCCCC)CCCCCCCCCCC. The number of hydrogen-bond donors (Lipinski definition) is 0. The molecule has 1 heteroatoms. The van der Waals surface area contributed by atoms with Crippen LogP contribution in [0.1, 0.15) is 227 Å². The molecule has 0 heterocycles. The van der Waals surface area contributed by atoms with Crippen LogP contribution in [-0.2, 0) is 0 Å². The second-order valence-corrected chi connectivity index (χ2v) is 18.3. The average molecular weight is 582 g/mol. The molecule has 0 saturated heterocycles. The van der Waals surface area contributed by atoms with Crippen molar-refractivity contribution in [3.05, 3.63) is 0 Å². The first-order valence-corrected chi connectivity index (χ1v) is 22.1. The van der Waals surface area contributed by atoms with Gasteiger partial charge in [0.15, 0.2) is 0 Å². The summed E-state index contributed by atoms with van der Waals surface area (Å²) in [6.07, 6.45) is 52.7. The maximum atomic E-state index is 2.38. The lowest BCUT2D eigenvalue weighted by molar-refractivity contribution is 0.568. The predicted molar refractivity (Wildman–Crippen MR) is 192 cm³/mol. The molecule has 0 saturated carbocycles. The molecule has 0 aliphatic carbocycles. The maximum Gasteiger partial charge on any atom is 0.0594 e. The first kappa shape index (κ1) is 40.4. The van der Waals surface area contributed by atoms with Gasteiger partial charge in [0.2, 0.25) is 0 Å². The Hall–Kier alpha value is 0.430. The Labute approximate surface area is 258 Å². The Morgan fingerprint density at radius 1 is 0.200 bits per heavy atom. The molecular formula is C39H82P+. The molecule has 0 aliphatic heterocycles. The zero-order valence-corrected chi connectivity index (χ0v) is 30.1. The topological polar surface area (TPSA) is 0 Å². The van der Waals surface area contributed by atoms with Crippen LogP contribution in [0.15, 0.2) is 0 Å². The molecule has 0 amide bonds. The van der Waals surface area contributed by atoms with Crippen molar-refractivity contribution in [3.8, 4) is 0 Å². The van der Waals surface area contributed by atoms with Gasteiger partial charge in [-0.1, -0.05) is 175 Å². The van der Waals surface area contributed by atoms with Crippen molar-refractivity contribution in [3.63, 3.8) is 0 Å². The van der Waals surface area contributed by atoms with Gasteiger partial charge in [0.25, 0.3) is 0 Å². The lowest BCUT2D eigenvalue weighted by atomic mass is 10.1. The lowest BCUT2D eigenvalue weighted by Gasteiger charge is -2.28. The Balaban J connectivity index is 4.67. The Bertz CT molecular complexity index is 389. The number of unbranched alkanes of at least 4 members (excludes halogenated alkanes) is 27. The van der Waals surface area contributed by atoms with Gasteiger partial charge in [0.1, 0.15) is 0 Å². The van der Waals surface area contributed by atoms with Gasteiger partial charge in [-0.05, 0) is 51.4 Å². The van der Waals surface area contributed by atoms with Crippen molar-refractivity contribution in [1.29, 1.82) is 0 Å². The molecule has 0 unspecified atom stereocenters. The first-order chi connectivity index (χ1) is 19.7. The zero-order chi connectivity index (χ0) is 29.2. The third-order valence-corrected chi connectivity index (χ3v) is 14.8. The number of hydrogen-bond acceptors (Lipinski definition) is 0. The van der Waals surface area contributed by atoms with Gasteiger partial charge in [-0.25, -0.2) is 0 Å². The van der Waals surface area contributed by atoms with Crippen LogP contribution in [0.2, 0.25) is 0 Å². The molecular weight excluding hydrogens is 499 g/mol. The lowest BCUT2D eigenvalue weighted by Crippen LogP contribution is -2.13. The highest BCUT2D eigenvalue weighted by atomic mass is 31.2. The summed E-state index contributed by atoms with van der Waals surface area (Å²) in [4.78, 5) is 0. The molecule has 242 valence electrons. The summed E-state index contributed by atoms with van der Waals surface area (Å²) in [7, 11) is -0.748. The Kier molecular flexibility index (Phi) is 34.3. The zero-order valence-electron chi connectivity index (χ0n) is 29.2. The van der Waals surface area contributed by atoms with Crippen LogP contribution in [-0.4, -0.2) is 24.6 Å². The molecule has 0 aliphatic rings. The van der Waals surface area contributed by atoms with E-state index in [-0.39, 0.29) is 0 Å². The second-order valence-electron chi connectivity index (χ2n) is 13.8. The van der Waals surface area contributed by atoms with Crippen molar-refractivity contribution in [2.75, 3.05) is 24.6 Å². The molecule has 0 radical (unpaired) electrons. The van der Waals surface area contributed by atoms with E-state index in [0.29, 0.717) is 0 Å². The van der Waals surface area contributed by atoms with Crippen LogP contribution < -0.4 is 0 Å². The summed E-state index contributed by atoms with van der Waals surface area (Å²) in [6.45, 7) is 9.39.